The molecule has 170 valence electrons. The van der Waals surface area contributed by atoms with Crippen LogP contribution in [0.3, 0.4) is 0 Å². The number of hydrogen-bond donors (Lipinski definition) is 1. The molecule has 1 unspecified atom stereocenters. The Kier molecular flexibility index (Phi) is 8.27. The van der Waals surface area contributed by atoms with Gasteiger partial charge in [0.15, 0.2) is 6.10 Å². The van der Waals surface area contributed by atoms with Crippen LogP contribution in [0.15, 0.2) is 53.4 Å². The summed E-state index contributed by atoms with van der Waals surface area (Å²) in [5.74, 6) is -0.796. The van der Waals surface area contributed by atoms with E-state index in [4.69, 9.17) is 4.74 Å². The average molecular weight is 459 g/mol. The summed E-state index contributed by atoms with van der Waals surface area (Å²) in [6, 6.07) is 12.3. The van der Waals surface area contributed by atoms with Crippen molar-refractivity contribution in [3.05, 3.63) is 59.9 Å². The highest BCUT2D eigenvalue weighted by molar-refractivity contribution is 8.00. The van der Waals surface area contributed by atoms with E-state index in [2.05, 4.69) is 12.2 Å². The molecular weight excluding hydrogens is 431 g/mol. The predicted octanol–water partition coefficient (Wildman–Crippen LogP) is 4.36. The first-order valence-corrected chi connectivity index (χ1v) is 11.6. The Bertz CT molecular complexity index is 959. The van der Waals surface area contributed by atoms with Crippen molar-refractivity contribution in [2.45, 2.75) is 37.7 Å². The minimum absolute atomic E-state index is 0.0577. The Morgan fingerprint density at radius 3 is 2.47 bits per heavy atom. The second kappa shape index (κ2) is 11.1. The minimum atomic E-state index is -0.879. The van der Waals surface area contributed by atoms with Gasteiger partial charge in [0.1, 0.15) is 5.82 Å². The van der Waals surface area contributed by atoms with E-state index in [9.17, 15) is 18.8 Å². The minimum Gasteiger partial charge on any atom is -0.449 e. The van der Waals surface area contributed by atoms with Crippen molar-refractivity contribution < 1.29 is 23.5 Å². The lowest BCUT2D eigenvalue weighted by Gasteiger charge is -2.31. The number of ether oxygens (including phenoxy) is 1. The number of likely N-dealkylation sites (tertiary alicyclic amines) is 1. The number of carbonyl (C=O) groups is 3. The number of benzene rings is 2. The summed E-state index contributed by atoms with van der Waals surface area (Å²) in [7, 11) is 0. The summed E-state index contributed by atoms with van der Waals surface area (Å²) in [5.41, 5.74) is 0.795. The van der Waals surface area contributed by atoms with Gasteiger partial charge in [-0.05, 0) is 62.1 Å². The van der Waals surface area contributed by atoms with Crippen LogP contribution >= 0.6 is 11.8 Å². The first kappa shape index (κ1) is 23.8. The number of esters is 1. The van der Waals surface area contributed by atoms with Crippen molar-refractivity contribution in [3.8, 4) is 0 Å². The fourth-order valence-corrected chi connectivity index (χ4v) is 4.24. The molecule has 3 rings (SSSR count). The molecule has 8 heteroatoms. The highest BCUT2D eigenvalue weighted by atomic mass is 32.2. The van der Waals surface area contributed by atoms with Gasteiger partial charge < -0.3 is 15.0 Å². The van der Waals surface area contributed by atoms with Crippen LogP contribution in [0.4, 0.5) is 10.1 Å². The van der Waals surface area contributed by atoms with Crippen LogP contribution in [0.25, 0.3) is 0 Å². The largest absolute Gasteiger partial charge is 0.449 e. The van der Waals surface area contributed by atoms with Gasteiger partial charge in [0, 0.05) is 23.7 Å². The molecule has 2 amide bonds. The number of rotatable bonds is 7. The molecule has 1 aliphatic rings. The standard InChI is InChI=1S/C24H27FN2O4S/c1-16-11-13-27(14-12-16)23(29)17(2)31-24(30)20-5-3-4-6-21(20)32-15-22(28)26-19-9-7-18(25)8-10-19/h3-10,16-17H,11-15H2,1-2H3,(H,26,28). The van der Waals surface area contributed by atoms with Crippen molar-refractivity contribution in [3.63, 3.8) is 0 Å². The summed E-state index contributed by atoms with van der Waals surface area (Å²) >= 11 is 1.19. The van der Waals surface area contributed by atoms with Gasteiger partial charge in [-0.3, -0.25) is 9.59 Å². The number of anilines is 1. The SMILES string of the molecule is CC1CCN(C(=O)C(C)OC(=O)c2ccccc2SCC(=O)Nc2ccc(F)cc2)CC1. The van der Waals surface area contributed by atoms with E-state index in [0.29, 0.717) is 35.2 Å². The van der Waals surface area contributed by atoms with Crippen LogP contribution in [0.2, 0.25) is 0 Å². The Morgan fingerprint density at radius 1 is 1.12 bits per heavy atom. The summed E-state index contributed by atoms with van der Waals surface area (Å²) < 4.78 is 18.4. The number of thioether (sulfide) groups is 1. The molecule has 0 bridgehead atoms. The smallest absolute Gasteiger partial charge is 0.340 e. The molecule has 32 heavy (non-hydrogen) atoms. The Balaban J connectivity index is 1.56. The quantitative estimate of drug-likeness (QED) is 0.493. The monoisotopic (exact) mass is 458 g/mol. The molecule has 0 aromatic heterocycles. The van der Waals surface area contributed by atoms with Crippen molar-refractivity contribution in [2.75, 3.05) is 24.2 Å². The molecule has 0 saturated carbocycles. The zero-order valence-corrected chi connectivity index (χ0v) is 19.0. The van der Waals surface area contributed by atoms with E-state index in [1.54, 1.807) is 36.1 Å². The van der Waals surface area contributed by atoms with Gasteiger partial charge in [0.25, 0.3) is 5.91 Å². The van der Waals surface area contributed by atoms with Crippen molar-refractivity contribution in [2.24, 2.45) is 5.92 Å². The second-order valence-corrected chi connectivity index (χ2v) is 8.91. The molecule has 1 atom stereocenters. The summed E-state index contributed by atoms with van der Waals surface area (Å²) in [6.07, 6.45) is 1.02. The van der Waals surface area contributed by atoms with Gasteiger partial charge in [0.2, 0.25) is 5.91 Å². The molecule has 1 fully saturated rings. The first-order valence-electron chi connectivity index (χ1n) is 10.6. The highest BCUT2D eigenvalue weighted by Crippen LogP contribution is 2.24. The number of carbonyl (C=O) groups excluding carboxylic acids is 3. The lowest BCUT2D eigenvalue weighted by Crippen LogP contribution is -2.44. The molecule has 6 nitrogen and oxygen atoms in total. The fraction of sp³-hybridized carbons (Fsp3) is 0.375. The van der Waals surface area contributed by atoms with Crippen molar-refractivity contribution in [1.29, 1.82) is 0 Å². The van der Waals surface area contributed by atoms with E-state index in [1.807, 2.05) is 0 Å². The lowest BCUT2D eigenvalue weighted by molar-refractivity contribution is -0.141. The topological polar surface area (TPSA) is 75.7 Å². The molecule has 1 N–H and O–H groups in total. The Hall–Kier alpha value is -2.87. The maximum Gasteiger partial charge on any atom is 0.340 e. The number of piperidine rings is 1. The first-order chi connectivity index (χ1) is 15.3. The number of hydrogen-bond acceptors (Lipinski definition) is 5. The van der Waals surface area contributed by atoms with Gasteiger partial charge in [-0.2, -0.15) is 0 Å². The van der Waals surface area contributed by atoms with Gasteiger partial charge >= 0.3 is 5.97 Å². The maximum absolute atomic E-state index is 13.0. The molecule has 1 heterocycles. The molecule has 1 aliphatic heterocycles. The lowest BCUT2D eigenvalue weighted by atomic mass is 9.99. The maximum atomic E-state index is 13.0. The van der Waals surface area contributed by atoms with Crippen LogP contribution in [0.1, 0.15) is 37.0 Å². The summed E-state index contributed by atoms with van der Waals surface area (Å²) in [4.78, 5) is 39.9. The average Bonchev–Trinajstić information content (AvgIpc) is 2.79. The second-order valence-electron chi connectivity index (χ2n) is 7.90. The van der Waals surface area contributed by atoms with Crippen LogP contribution < -0.4 is 5.32 Å². The number of nitrogens with zero attached hydrogens (tertiary/aromatic N) is 1. The van der Waals surface area contributed by atoms with Crippen LogP contribution in [0, 0.1) is 11.7 Å². The molecule has 2 aromatic rings. The molecule has 1 saturated heterocycles. The van der Waals surface area contributed by atoms with E-state index < -0.39 is 12.1 Å². The van der Waals surface area contributed by atoms with E-state index in [-0.39, 0.29) is 23.4 Å². The van der Waals surface area contributed by atoms with E-state index in [0.717, 1.165) is 12.8 Å². The van der Waals surface area contributed by atoms with E-state index >= 15 is 0 Å². The van der Waals surface area contributed by atoms with Gasteiger partial charge in [-0.25, -0.2) is 9.18 Å². The molecule has 0 spiro atoms. The summed E-state index contributed by atoms with van der Waals surface area (Å²) in [5, 5.41) is 2.68. The highest BCUT2D eigenvalue weighted by Gasteiger charge is 2.27. The fourth-order valence-electron chi connectivity index (χ4n) is 3.40. The predicted molar refractivity (Wildman–Crippen MR) is 122 cm³/mol. The zero-order chi connectivity index (χ0) is 23.1. The third-order valence-electron chi connectivity index (χ3n) is 5.32. The van der Waals surface area contributed by atoms with Gasteiger partial charge in [-0.15, -0.1) is 11.8 Å². The number of nitrogens with one attached hydrogen (secondary N) is 1. The van der Waals surface area contributed by atoms with E-state index in [1.165, 1.54) is 36.0 Å². The van der Waals surface area contributed by atoms with Crippen molar-refractivity contribution in [1.82, 2.24) is 4.90 Å². The summed E-state index contributed by atoms with van der Waals surface area (Å²) in [6.45, 7) is 5.11. The van der Waals surface area contributed by atoms with Crippen LogP contribution in [-0.2, 0) is 14.3 Å². The molecule has 0 aliphatic carbocycles. The normalized spacial score (nSPS) is 15.2. The van der Waals surface area contributed by atoms with Crippen molar-refractivity contribution >= 4 is 35.2 Å². The van der Waals surface area contributed by atoms with Crippen LogP contribution in [0.5, 0.6) is 0 Å². The zero-order valence-electron chi connectivity index (χ0n) is 18.2. The Labute approximate surface area is 191 Å². The third-order valence-corrected chi connectivity index (χ3v) is 6.39. The molecule has 0 radical (unpaired) electrons. The van der Waals surface area contributed by atoms with Gasteiger partial charge in [-0.1, -0.05) is 19.1 Å². The Morgan fingerprint density at radius 2 is 1.78 bits per heavy atom. The third kappa shape index (κ3) is 6.56. The van der Waals surface area contributed by atoms with Gasteiger partial charge in [0.05, 0.1) is 11.3 Å². The number of halogens is 1. The molecule has 2 aromatic carbocycles. The molecular formula is C24H27FN2O4S. The number of amides is 2. The van der Waals surface area contributed by atoms with Crippen LogP contribution in [-0.4, -0.2) is 47.6 Å².